The molecule has 2 atom stereocenters. The standard InChI is InChI=1S/C10H19NO/c1-7(2)9-5-4-8(3)6-10(9)11-12/h7-9,12H,4-6H2,1-3H3/b11-10+/t8-,9-/m1/s1. The van der Waals surface area contributed by atoms with Crippen molar-refractivity contribution in [1.82, 2.24) is 0 Å². The number of nitrogens with zero attached hydrogens (tertiary/aromatic N) is 1. The average molecular weight is 169 g/mol. The first kappa shape index (κ1) is 9.56. The van der Waals surface area contributed by atoms with Gasteiger partial charge in [-0.1, -0.05) is 25.9 Å². The van der Waals surface area contributed by atoms with Crippen LogP contribution in [0.3, 0.4) is 0 Å². The largest absolute Gasteiger partial charge is 0.411 e. The molecule has 0 spiro atoms. The molecule has 70 valence electrons. The maximum Gasteiger partial charge on any atom is 0.0606 e. The minimum atomic E-state index is 0.520. The van der Waals surface area contributed by atoms with E-state index in [1.807, 2.05) is 0 Å². The molecule has 0 heterocycles. The Kier molecular flexibility index (Phi) is 3.12. The maximum absolute atomic E-state index is 8.82. The fourth-order valence-corrected chi connectivity index (χ4v) is 2.07. The van der Waals surface area contributed by atoms with E-state index in [0.717, 1.165) is 12.1 Å². The predicted molar refractivity (Wildman–Crippen MR) is 50.6 cm³/mol. The van der Waals surface area contributed by atoms with Crippen LogP contribution in [-0.2, 0) is 0 Å². The second kappa shape index (κ2) is 3.92. The fraction of sp³-hybridized carbons (Fsp3) is 0.900. The Morgan fingerprint density at radius 3 is 2.58 bits per heavy atom. The molecule has 2 nitrogen and oxygen atoms in total. The number of rotatable bonds is 1. The summed E-state index contributed by atoms with van der Waals surface area (Å²) in [5.74, 6) is 1.83. The summed E-state index contributed by atoms with van der Waals surface area (Å²) < 4.78 is 0. The molecule has 0 aromatic carbocycles. The Morgan fingerprint density at radius 2 is 2.08 bits per heavy atom. The summed E-state index contributed by atoms with van der Waals surface area (Å²) in [5.41, 5.74) is 1.02. The molecule has 1 aliphatic rings. The first-order valence-corrected chi connectivity index (χ1v) is 4.86. The van der Waals surface area contributed by atoms with E-state index in [0.29, 0.717) is 17.8 Å². The minimum absolute atomic E-state index is 0.520. The summed E-state index contributed by atoms with van der Waals surface area (Å²) in [7, 11) is 0. The van der Waals surface area contributed by atoms with Crippen LogP contribution in [0.5, 0.6) is 0 Å². The van der Waals surface area contributed by atoms with E-state index in [1.165, 1.54) is 12.8 Å². The van der Waals surface area contributed by atoms with Gasteiger partial charge in [-0.25, -0.2) is 0 Å². The lowest BCUT2D eigenvalue weighted by atomic mass is 9.76. The van der Waals surface area contributed by atoms with E-state index in [-0.39, 0.29) is 0 Å². The molecule has 2 heteroatoms. The highest BCUT2D eigenvalue weighted by Crippen LogP contribution is 2.30. The highest BCUT2D eigenvalue weighted by Gasteiger charge is 2.27. The van der Waals surface area contributed by atoms with Gasteiger partial charge in [-0.05, 0) is 31.1 Å². The number of oxime groups is 1. The van der Waals surface area contributed by atoms with Gasteiger partial charge < -0.3 is 5.21 Å². The Balaban J connectivity index is 2.63. The fourth-order valence-electron chi connectivity index (χ4n) is 2.07. The van der Waals surface area contributed by atoms with Crippen LogP contribution in [0.25, 0.3) is 0 Å². The first-order valence-electron chi connectivity index (χ1n) is 4.86. The van der Waals surface area contributed by atoms with Crippen molar-refractivity contribution in [3.63, 3.8) is 0 Å². The van der Waals surface area contributed by atoms with E-state index in [4.69, 9.17) is 5.21 Å². The van der Waals surface area contributed by atoms with E-state index in [9.17, 15) is 0 Å². The summed E-state index contributed by atoms with van der Waals surface area (Å²) in [5, 5.41) is 12.2. The number of hydrogen-bond acceptors (Lipinski definition) is 2. The highest BCUT2D eigenvalue weighted by molar-refractivity contribution is 5.87. The third-order valence-corrected chi connectivity index (χ3v) is 2.89. The zero-order valence-corrected chi connectivity index (χ0v) is 8.25. The van der Waals surface area contributed by atoms with Gasteiger partial charge in [0.15, 0.2) is 0 Å². The molecule has 0 amide bonds. The summed E-state index contributed by atoms with van der Waals surface area (Å²) in [6, 6.07) is 0. The van der Waals surface area contributed by atoms with Gasteiger partial charge in [-0.3, -0.25) is 0 Å². The molecule has 1 fully saturated rings. The van der Waals surface area contributed by atoms with Crippen molar-refractivity contribution in [2.45, 2.75) is 40.0 Å². The third kappa shape index (κ3) is 1.99. The van der Waals surface area contributed by atoms with Gasteiger partial charge in [0.25, 0.3) is 0 Å². The molecular formula is C10H19NO. The van der Waals surface area contributed by atoms with Crippen LogP contribution in [0, 0.1) is 17.8 Å². The van der Waals surface area contributed by atoms with Crippen molar-refractivity contribution >= 4 is 5.71 Å². The summed E-state index contributed by atoms with van der Waals surface area (Å²) in [6.45, 7) is 6.62. The van der Waals surface area contributed by atoms with E-state index >= 15 is 0 Å². The quantitative estimate of drug-likeness (QED) is 0.475. The van der Waals surface area contributed by atoms with Crippen molar-refractivity contribution in [3.8, 4) is 0 Å². The second-order valence-electron chi connectivity index (χ2n) is 4.33. The lowest BCUT2D eigenvalue weighted by Gasteiger charge is -2.29. The van der Waals surface area contributed by atoms with Gasteiger partial charge >= 0.3 is 0 Å². The number of hydrogen-bond donors (Lipinski definition) is 1. The van der Waals surface area contributed by atoms with E-state index in [2.05, 4.69) is 25.9 Å². The van der Waals surface area contributed by atoms with E-state index < -0.39 is 0 Å². The van der Waals surface area contributed by atoms with Crippen LogP contribution in [0.4, 0.5) is 0 Å². The van der Waals surface area contributed by atoms with Crippen molar-refractivity contribution < 1.29 is 5.21 Å². The predicted octanol–water partition coefficient (Wildman–Crippen LogP) is 2.91. The topological polar surface area (TPSA) is 32.6 Å². The maximum atomic E-state index is 8.82. The van der Waals surface area contributed by atoms with Crippen LogP contribution >= 0.6 is 0 Å². The Labute approximate surface area is 74.7 Å². The van der Waals surface area contributed by atoms with E-state index in [1.54, 1.807) is 0 Å². The lowest BCUT2D eigenvalue weighted by molar-refractivity contribution is 0.291. The second-order valence-corrected chi connectivity index (χ2v) is 4.33. The molecule has 12 heavy (non-hydrogen) atoms. The molecule has 1 N–H and O–H groups in total. The monoisotopic (exact) mass is 169 g/mol. The third-order valence-electron chi connectivity index (χ3n) is 2.89. The molecule has 1 saturated carbocycles. The lowest BCUT2D eigenvalue weighted by Crippen LogP contribution is -2.27. The van der Waals surface area contributed by atoms with Crippen LogP contribution in [0.1, 0.15) is 40.0 Å². The van der Waals surface area contributed by atoms with Crippen LogP contribution in [0.2, 0.25) is 0 Å². The average Bonchev–Trinajstić information content (AvgIpc) is 2.03. The highest BCUT2D eigenvalue weighted by atomic mass is 16.4. The molecule has 0 aromatic heterocycles. The molecule has 1 rings (SSSR count). The van der Waals surface area contributed by atoms with Gasteiger partial charge in [-0.15, -0.1) is 0 Å². The molecule has 0 saturated heterocycles. The van der Waals surface area contributed by atoms with Crippen molar-refractivity contribution in [3.05, 3.63) is 0 Å². The van der Waals surface area contributed by atoms with Crippen LogP contribution in [-0.4, -0.2) is 10.9 Å². The Hall–Kier alpha value is -0.530. The van der Waals surface area contributed by atoms with Gasteiger partial charge in [0.05, 0.1) is 5.71 Å². The molecule has 1 aliphatic carbocycles. The Morgan fingerprint density at radius 1 is 1.42 bits per heavy atom. The smallest absolute Gasteiger partial charge is 0.0606 e. The summed E-state index contributed by atoms with van der Waals surface area (Å²) in [6.07, 6.45) is 3.46. The molecule has 0 bridgehead atoms. The summed E-state index contributed by atoms with van der Waals surface area (Å²) >= 11 is 0. The Bertz CT molecular complexity index is 175. The van der Waals surface area contributed by atoms with Crippen molar-refractivity contribution in [2.75, 3.05) is 0 Å². The van der Waals surface area contributed by atoms with Gasteiger partial charge in [-0.2, -0.15) is 0 Å². The first-order chi connectivity index (χ1) is 5.65. The van der Waals surface area contributed by atoms with Crippen LogP contribution < -0.4 is 0 Å². The minimum Gasteiger partial charge on any atom is -0.411 e. The van der Waals surface area contributed by atoms with Gasteiger partial charge in [0.2, 0.25) is 0 Å². The van der Waals surface area contributed by atoms with Gasteiger partial charge in [0.1, 0.15) is 0 Å². The molecule has 0 aliphatic heterocycles. The zero-order valence-electron chi connectivity index (χ0n) is 8.25. The van der Waals surface area contributed by atoms with Crippen molar-refractivity contribution in [1.29, 1.82) is 0 Å². The SMILES string of the molecule is CC(C)[C@H]1CC[C@@H](C)C/C1=N\O. The normalized spacial score (nSPS) is 34.5. The molecular weight excluding hydrogens is 150 g/mol. The molecule has 0 radical (unpaired) electrons. The van der Waals surface area contributed by atoms with Crippen LogP contribution in [0.15, 0.2) is 5.16 Å². The van der Waals surface area contributed by atoms with Crippen molar-refractivity contribution in [2.24, 2.45) is 22.9 Å². The van der Waals surface area contributed by atoms with Gasteiger partial charge in [0, 0.05) is 5.92 Å². The molecule has 0 aromatic rings. The zero-order chi connectivity index (χ0) is 9.14. The summed E-state index contributed by atoms with van der Waals surface area (Å²) in [4.78, 5) is 0. The molecule has 0 unspecified atom stereocenters.